The second-order valence-electron chi connectivity index (χ2n) is 4.20. The zero-order chi connectivity index (χ0) is 13.8. The van der Waals surface area contributed by atoms with Crippen LogP contribution < -0.4 is 5.32 Å². The van der Waals surface area contributed by atoms with Gasteiger partial charge in [0.15, 0.2) is 0 Å². The van der Waals surface area contributed by atoms with Crippen molar-refractivity contribution in [3.63, 3.8) is 0 Å². The molecule has 1 unspecified atom stereocenters. The first kappa shape index (κ1) is 15.0. The summed E-state index contributed by atoms with van der Waals surface area (Å²) in [4.78, 5) is 1.10. The van der Waals surface area contributed by atoms with E-state index in [0.717, 1.165) is 27.7 Å². The minimum atomic E-state index is -0.247. The van der Waals surface area contributed by atoms with Gasteiger partial charge in [-0.3, -0.25) is 0 Å². The van der Waals surface area contributed by atoms with Crippen molar-refractivity contribution in [2.45, 2.75) is 19.4 Å². The van der Waals surface area contributed by atoms with Crippen LogP contribution in [0.15, 0.2) is 34.8 Å². The van der Waals surface area contributed by atoms with Crippen LogP contribution in [0.25, 0.3) is 0 Å². The van der Waals surface area contributed by atoms with Crippen molar-refractivity contribution >= 4 is 38.9 Å². The van der Waals surface area contributed by atoms with Gasteiger partial charge in [0.25, 0.3) is 0 Å². The molecule has 2 aromatic rings. The number of benzene rings is 1. The van der Waals surface area contributed by atoms with E-state index in [1.54, 1.807) is 12.1 Å². The molecule has 0 radical (unpaired) electrons. The fraction of sp³-hybridized carbons (Fsp3) is 0.286. The summed E-state index contributed by atoms with van der Waals surface area (Å²) < 4.78 is 14.9. The van der Waals surface area contributed by atoms with E-state index in [4.69, 9.17) is 11.6 Å². The molecular formula is C14H14BrClFNS. The molecule has 1 N–H and O–H groups in total. The molecule has 1 aromatic heterocycles. The molecule has 0 saturated heterocycles. The average Bonchev–Trinajstić information content (AvgIpc) is 2.80. The fourth-order valence-electron chi connectivity index (χ4n) is 1.85. The first-order valence-electron chi connectivity index (χ1n) is 6.05. The zero-order valence-electron chi connectivity index (χ0n) is 10.4. The van der Waals surface area contributed by atoms with Crippen LogP contribution in [0.3, 0.4) is 0 Å². The molecule has 0 amide bonds. The maximum atomic E-state index is 13.7. The van der Waals surface area contributed by atoms with Crippen LogP contribution in [0.2, 0.25) is 4.34 Å². The maximum Gasteiger partial charge on any atom is 0.137 e. The van der Waals surface area contributed by atoms with Crippen molar-refractivity contribution in [3.05, 3.63) is 55.4 Å². The Hall–Kier alpha value is -0.420. The van der Waals surface area contributed by atoms with Gasteiger partial charge in [0.05, 0.1) is 14.9 Å². The Morgan fingerprint density at radius 3 is 2.74 bits per heavy atom. The Kier molecular flexibility index (Phi) is 5.39. The first-order chi connectivity index (χ1) is 9.11. The first-order valence-corrected chi connectivity index (χ1v) is 8.04. The number of halogens is 3. The van der Waals surface area contributed by atoms with Gasteiger partial charge in [-0.15, -0.1) is 11.3 Å². The molecule has 0 saturated carbocycles. The number of nitrogens with one attached hydrogen (secondary N) is 1. The molecule has 0 fully saturated rings. The van der Waals surface area contributed by atoms with E-state index in [-0.39, 0.29) is 11.9 Å². The monoisotopic (exact) mass is 361 g/mol. The molecule has 1 heterocycles. The van der Waals surface area contributed by atoms with Gasteiger partial charge in [0.2, 0.25) is 0 Å². The Morgan fingerprint density at radius 1 is 1.37 bits per heavy atom. The van der Waals surface area contributed by atoms with E-state index in [0.29, 0.717) is 4.47 Å². The highest BCUT2D eigenvalue weighted by molar-refractivity contribution is 9.10. The summed E-state index contributed by atoms with van der Waals surface area (Å²) in [5.41, 5.74) is 0.910. The summed E-state index contributed by atoms with van der Waals surface area (Å²) in [6.07, 6.45) is 1.02. The van der Waals surface area contributed by atoms with E-state index < -0.39 is 0 Å². The third kappa shape index (κ3) is 3.78. The molecule has 19 heavy (non-hydrogen) atoms. The molecule has 0 aliphatic heterocycles. The lowest BCUT2D eigenvalue weighted by atomic mass is 10.1. The summed E-state index contributed by atoms with van der Waals surface area (Å²) >= 11 is 10.7. The van der Waals surface area contributed by atoms with Crippen molar-refractivity contribution in [3.8, 4) is 0 Å². The average molecular weight is 363 g/mol. The Morgan fingerprint density at radius 2 is 2.16 bits per heavy atom. The second-order valence-corrected chi connectivity index (χ2v) is 6.80. The molecule has 1 nitrogen and oxygen atoms in total. The molecule has 0 bridgehead atoms. The summed E-state index contributed by atoms with van der Waals surface area (Å²) in [6.45, 7) is 2.98. The number of thiophene rings is 1. The van der Waals surface area contributed by atoms with Crippen molar-refractivity contribution in [2.75, 3.05) is 6.54 Å². The minimum absolute atomic E-state index is 0.0138. The highest BCUT2D eigenvalue weighted by atomic mass is 79.9. The standard InChI is InChI=1S/C14H14BrClFNS/c1-2-7-18-14(12-5-6-13(16)19-12)9-3-4-10(15)11(17)8-9/h3-6,8,14,18H,2,7H2,1H3. The molecule has 2 rings (SSSR count). The molecule has 1 atom stereocenters. The largest absolute Gasteiger partial charge is 0.306 e. The Labute approximate surface area is 129 Å². The molecular weight excluding hydrogens is 349 g/mol. The van der Waals surface area contributed by atoms with E-state index in [9.17, 15) is 4.39 Å². The lowest BCUT2D eigenvalue weighted by Gasteiger charge is -2.18. The second kappa shape index (κ2) is 6.84. The third-order valence-corrected chi connectivity index (χ3v) is 4.69. The molecule has 0 aliphatic rings. The van der Waals surface area contributed by atoms with Gasteiger partial charge in [-0.05, 0) is 58.7 Å². The topological polar surface area (TPSA) is 12.0 Å². The van der Waals surface area contributed by atoms with E-state index in [2.05, 4.69) is 28.2 Å². The lowest BCUT2D eigenvalue weighted by Crippen LogP contribution is -2.22. The molecule has 0 spiro atoms. The van der Waals surface area contributed by atoms with Crippen molar-refractivity contribution in [1.82, 2.24) is 5.32 Å². The van der Waals surface area contributed by atoms with Crippen molar-refractivity contribution in [1.29, 1.82) is 0 Å². The fourth-order valence-corrected chi connectivity index (χ4v) is 3.26. The summed E-state index contributed by atoms with van der Waals surface area (Å²) in [5, 5.41) is 3.43. The highest BCUT2D eigenvalue weighted by Crippen LogP contribution is 2.32. The number of hydrogen-bond donors (Lipinski definition) is 1. The zero-order valence-corrected chi connectivity index (χ0v) is 13.6. The summed E-state index contributed by atoms with van der Waals surface area (Å²) in [6, 6.07) is 9.07. The van der Waals surface area contributed by atoms with Gasteiger partial charge in [0, 0.05) is 4.88 Å². The number of rotatable bonds is 5. The highest BCUT2D eigenvalue weighted by Gasteiger charge is 2.16. The smallest absolute Gasteiger partial charge is 0.137 e. The van der Waals surface area contributed by atoms with Gasteiger partial charge in [-0.1, -0.05) is 24.6 Å². The van der Waals surface area contributed by atoms with Gasteiger partial charge in [-0.25, -0.2) is 4.39 Å². The SMILES string of the molecule is CCCNC(c1ccc(Br)c(F)c1)c1ccc(Cl)s1. The van der Waals surface area contributed by atoms with Crippen LogP contribution in [0.5, 0.6) is 0 Å². The van der Waals surface area contributed by atoms with Gasteiger partial charge < -0.3 is 5.32 Å². The van der Waals surface area contributed by atoms with Crippen LogP contribution in [-0.2, 0) is 0 Å². The van der Waals surface area contributed by atoms with Gasteiger partial charge in [-0.2, -0.15) is 0 Å². The minimum Gasteiger partial charge on any atom is -0.306 e. The van der Waals surface area contributed by atoms with Crippen LogP contribution in [-0.4, -0.2) is 6.54 Å². The molecule has 1 aromatic carbocycles. The van der Waals surface area contributed by atoms with Crippen molar-refractivity contribution in [2.24, 2.45) is 0 Å². The predicted molar refractivity (Wildman–Crippen MR) is 83.6 cm³/mol. The van der Waals surface area contributed by atoms with E-state index >= 15 is 0 Å². The Balaban J connectivity index is 2.33. The van der Waals surface area contributed by atoms with E-state index in [1.165, 1.54) is 11.3 Å². The maximum absolute atomic E-state index is 13.7. The molecule has 102 valence electrons. The summed E-state index contributed by atoms with van der Waals surface area (Å²) in [5.74, 6) is -0.247. The quantitative estimate of drug-likeness (QED) is 0.751. The van der Waals surface area contributed by atoms with Crippen LogP contribution >= 0.6 is 38.9 Å². The van der Waals surface area contributed by atoms with E-state index in [1.807, 2.05) is 18.2 Å². The van der Waals surface area contributed by atoms with Crippen LogP contribution in [0, 0.1) is 5.82 Å². The lowest BCUT2D eigenvalue weighted by molar-refractivity contribution is 0.588. The van der Waals surface area contributed by atoms with Crippen molar-refractivity contribution < 1.29 is 4.39 Å². The van der Waals surface area contributed by atoms with Crippen LogP contribution in [0.1, 0.15) is 29.8 Å². The summed E-state index contributed by atoms with van der Waals surface area (Å²) in [7, 11) is 0. The predicted octanol–water partition coefficient (Wildman–Crippen LogP) is 5.39. The van der Waals surface area contributed by atoms with Gasteiger partial charge in [0.1, 0.15) is 5.82 Å². The van der Waals surface area contributed by atoms with Crippen LogP contribution in [0.4, 0.5) is 4.39 Å². The third-order valence-electron chi connectivity index (χ3n) is 2.75. The number of hydrogen-bond acceptors (Lipinski definition) is 2. The Bertz CT molecular complexity index is 558. The van der Waals surface area contributed by atoms with Gasteiger partial charge >= 0.3 is 0 Å². The molecule has 0 aliphatic carbocycles. The molecule has 5 heteroatoms. The normalized spacial score (nSPS) is 12.6.